The van der Waals surface area contributed by atoms with E-state index in [4.69, 9.17) is 0 Å². The highest BCUT2D eigenvalue weighted by molar-refractivity contribution is 9.10. The van der Waals surface area contributed by atoms with Crippen LogP contribution in [-0.4, -0.2) is 4.57 Å². The third-order valence-electron chi connectivity index (χ3n) is 7.26. The van der Waals surface area contributed by atoms with E-state index in [0.29, 0.717) is 0 Å². The monoisotopic (exact) mass is 549 g/mol. The van der Waals surface area contributed by atoms with Crippen LogP contribution in [0.1, 0.15) is 0 Å². The third-order valence-corrected chi connectivity index (χ3v) is 7.75. The molecular weight excluding hydrogens is 526 g/mol. The molecule has 1 heterocycles. The van der Waals surface area contributed by atoms with Crippen molar-refractivity contribution in [1.82, 2.24) is 4.57 Å². The second kappa shape index (κ2) is 9.48. The van der Waals surface area contributed by atoms with Crippen LogP contribution in [0.25, 0.3) is 60.9 Å². The van der Waals surface area contributed by atoms with E-state index >= 15 is 0 Å². The van der Waals surface area contributed by atoms with Crippen LogP contribution in [0.4, 0.5) is 0 Å². The van der Waals surface area contributed by atoms with Gasteiger partial charge in [0.25, 0.3) is 0 Å². The molecule has 0 fully saturated rings. The fourth-order valence-corrected chi connectivity index (χ4v) is 5.89. The number of rotatable bonds is 4. The van der Waals surface area contributed by atoms with Crippen LogP contribution >= 0.6 is 15.9 Å². The molecular formula is C36H24BrN. The lowest BCUT2D eigenvalue weighted by Crippen LogP contribution is -1.97. The topological polar surface area (TPSA) is 4.93 Å². The van der Waals surface area contributed by atoms with Crippen molar-refractivity contribution in [2.45, 2.75) is 0 Å². The van der Waals surface area contributed by atoms with Crippen molar-refractivity contribution < 1.29 is 0 Å². The largest absolute Gasteiger partial charge is 0.309 e. The molecule has 0 aliphatic rings. The lowest BCUT2D eigenvalue weighted by Gasteiger charge is -2.15. The predicted molar refractivity (Wildman–Crippen MR) is 165 cm³/mol. The van der Waals surface area contributed by atoms with Crippen LogP contribution < -0.4 is 0 Å². The number of nitrogens with zero attached hydrogens (tertiary/aromatic N) is 1. The molecule has 0 saturated heterocycles. The van der Waals surface area contributed by atoms with Gasteiger partial charge in [0.1, 0.15) is 0 Å². The van der Waals surface area contributed by atoms with E-state index in [1.54, 1.807) is 0 Å². The van der Waals surface area contributed by atoms with Crippen LogP contribution in [0, 0.1) is 0 Å². The normalized spacial score (nSPS) is 11.3. The minimum Gasteiger partial charge on any atom is -0.309 e. The molecule has 0 N–H and O–H groups in total. The van der Waals surface area contributed by atoms with Crippen LogP contribution in [0.2, 0.25) is 0 Å². The molecule has 7 aromatic rings. The first-order chi connectivity index (χ1) is 18.8. The van der Waals surface area contributed by atoms with Crippen LogP contribution in [0.3, 0.4) is 0 Å². The summed E-state index contributed by atoms with van der Waals surface area (Å²) in [5.74, 6) is 0. The standard InChI is InChI=1S/C36H24BrN/c37-30-15-9-13-27(23-30)28-20-21-33-32-17-5-7-19-35(32)38(36(33)24-28)34-18-6-4-16-31(34)29-14-8-12-26(22-29)25-10-2-1-3-11-25/h1-24H. The van der Waals surface area contributed by atoms with Gasteiger partial charge in [0.15, 0.2) is 0 Å². The molecule has 0 amide bonds. The Morgan fingerprint density at radius 1 is 0.395 bits per heavy atom. The lowest BCUT2D eigenvalue weighted by molar-refractivity contribution is 1.18. The summed E-state index contributed by atoms with van der Waals surface area (Å²) in [6, 6.07) is 52.2. The van der Waals surface area contributed by atoms with E-state index in [1.807, 2.05) is 0 Å². The Kier molecular flexibility index (Phi) is 5.68. The van der Waals surface area contributed by atoms with Crippen molar-refractivity contribution in [1.29, 1.82) is 0 Å². The Hall–Kier alpha value is -4.40. The zero-order valence-corrected chi connectivity index (χ0v) is 22.3. The van der Waals surface area contributed by atoms with Crippen LogP contribution in [-0.2, 0) is 0 Å². The van der Waals surface area contributed by atoms with Gasteiger partial charge in [0, 0.05) is 20.8 Å². The Morgan fingerprint density at radius 2 is 1.03 bits per heavy atom. The van der Waals surface area contributed by atoms with Gasteiger partial charge in [-0.3, -0.25) is 0 Å². The Bertz CT molecular complexity index is 1930. The maximum absolute atomic E-state index is 3.64. The minimum absolute atomic E-state index is 1.08. The van der Waals surface area contributed by atoms with Gasteiger partial charge in [0.2, 0.25) is 0 Å². The Morgan fingerprint density at radius 3 is 1.89 bits per heavy atom. The van der Waals surface area contributed by atoms with Gasteiger partial charge in [0.05, 0.1) is 16.7 Å². The summed E-state index contributed by atoms with van der Waals surface area (Å²) in [5, 5.41) is 2.52. The molecule has 180 valence electrons. The molecule has 0 aliphatic carbocycles. The van der Waals surface area contributed by atoms with E-state index in [2.05, 4.69) is 166 Å². The van der Waals surface area contributed by atoms with Gasteiger partial charge >= 0.3 is 0 Å². The van der Waals surface area contributed by atoms with Gasteiger partial charge in [-0.1, -0.05) is 125 Å². The second-order valence-corrected chi connectivity index (χ2v) is 10.5. The molecule has 2 heteroatoms. The third kappa shape index (κ3) is 3.95. The Balaban J connectivity index is 1.48. The first-order valence-electron chi connectivity index (χ1n) is 12.8. The van der Waals surface area contributed by atoms with Crippen molar-refractivity contribution in [3.63, 3.8) is 0 Å². The average molecular weight is 550 g/mol. The summed E-state index contributed by atoms with van der Waals surface area (Å²) < 4.78 is 3.51. The van der Waals surface area contributed by atoms with Gasteiger partial charge < -0.3 is 4.57 Å². The van der Waals surface area contributed by atoms with Crippen molar-refractivity contribution in [2.24, 2.45) is 0 Å². The SMILES string of the molecule is Brc1cccc(-c2ccc3c4ccccc4n(-c4ccccc4-c4cccc(-c5ccccc5)c4)c3c2)c1. The summed E-state index contributed by atoms with van der Waals surface area (Å²) in [6.45, 7) is 0. The molecule has 0 unspecified atom stereocenters. The van der Waals surface area contributed by atoms with Crippen molar-refractivity contribution in [3.05, 3.63) is 150 Å². The second-order valence-electron chi connectivity index (χ2n) is 9.56. The summed E-state index contributed by atoms with van der Waals surface area (Å²) >= 11 is 3.64. The summed E-state index contributed by atoms with van der Waals surface area (Å²) in [4.78, 5) is 0. The first-order valence-corrected chi connectivity index (χ1v) is 13.6. The van der Waals surface area contributed by atoms with Crippen LogP contribution in [0.15, 0.2) is 150 Å². The molecule has 0 aliphatic heterocycles. The fourth-order valence-electron chi connectivity index (χ4n) is 5.49. The zero-order chi connectivity index (χ0) is 25.5. The molecule has 1 nitrogen and oxygen atoms in total. The Labute approximate surface area is 230 Å². The summed E-state index contributed by atoms with van der Waals surface area (Å²) in [7, 11) is 0. The van der Waals surface area contributed by atoms with Gasteiger partial charge in [-0.05, 0) is 64.2 Å². The zero-order valence-electron chi connectivity index (χ0n) is 20.7. The van der Waals surface area contributed by atoms with E-state index < -0.39 is 0 Å². The summed E-state index contributed by atoms with van der Waals surface area (Å²) in [6.07, 6.45) is 0. The quantitative estimate of drug-likeness (QED) is 0.205. The van der Waals surface area contributed by atoms with Gasteiger partial charge in [-0.2, -0.15) is 0 Å². The molecule has 0 saturated carbocycles. The van der Waals surface area contributed by atoms with Crippen molar-refractivity contribution in [3.8, 4) is 39.1 Å². The van der Waals surface area contributed by atoms with E-state index in [1.165, 1.54) is 60.9 Å². The smallest absolute Gasteiger partial charge is 0.0547 e. The summed E-state index contributed by atoms with van der Waals surface area (Å²) in [5.41, 5.74) is 10.8. The van der Waals surface area contributed by atoms with Gasteiger partial charge in [-0.25, -0.2) is 0 Å². The maximum atomic E-state index is 3.64. The molecule has 0 radical (unpaired) electrons. The average Bonchev–Trinajstić information content (AvgIpc) is 3.31. The first kappa shape index (κ1) is 22.8. The molecule has 0 atom stereocenters. The molecule has 1 aromatic heterocycles. The number of hydrogen-bond donors (Lipinski definition) is 0. The highest BCUT2D eigenvalue weighted by Crippen LogP contribution is 2.38. The minimum atomic E-state index is 1.08. The molecule has 6 aromatic carbocycles. The number of hydrogen-bond acceptors (Lipinski definition) is 0. The van der Waals surface area contributed by atoms with E-state index in [9.17, 15) is 0 Å². The van der Waals surface area contributed by atoms with Crippen molar-refractivity contribution >= 4 is 37.7 Å². The molecule has 0 bridgehead atoms. The highest BCUT2D eigenvalue weighted by atomic mass is 79.9. The predicted octanol–water partition coefficient (Wildman–Crippen LogP) is 10.5. The number of fused-ring (bicyclic) bond motifs is 3. The number of benzene rings is 6. The number of halogens is 1. The molecule has 7 rings (SSSR count). The van der Waals surface area contributed by atoms with Gasteiger partial charge in [-0.15, -0.1) is 0 Å². The van der Waals surface area contributed by atoms with E-state index in [-0.39, 0.29) is 0 Å². The molecule has 0 spiro atoms. The maximum Gasteiger partial charge on any atom is 0.0547 e. The van der Waals surface area contributed by atoms with Crippen molar-refractivity contribution in [2.75, 3.05) is 0 Å². The van der Waals surface area contributed by atoms with E-state index in [0.717, 1.165) is 4.47 Å². The number of para-hydroxylation sites is 2. The highest BCUT2D eigenvalue weighted by Gasteiger charge is 2.16. The fraction of sp³-hybridized carbons (Fsp3) is 0. The van der Waals surface area contributed by atoms with Crippen LogP contribution in [0.5, 0.6) is 0 Å². The lowest BCUT2D eigenvalue weighted by atomic mass is 9.98. The molecule has 38 heavy (non-hydrogen) atoms. The number of aromatic nitrogens is 1.